The molecule has 0 bridgehead atoms. The van der Waals surface area contributed by atoms with Crippen LogP contribution in [-0.2, 0) is 9.53 Å². The van der Waals surface area contributed by atoms with E-state index in [0.717, 1.165) is 19.3 Å². The molecule has 0 saturated heterocycles. The van der Waals surface area contributed by atoms with Crippen LogP contribution in [0.2, 0.25) is 0 Å². The highest BCUT2D eigenvalue weighted by atomic mass is 35.5. The van der Waals surface area contributed by atoms with Crippen LogP contribution < -0.4 is 0 Å². The molecule has 11 heavy (non-hydrogen) atoms. The van der Waals surface area contributed by atoms with Crippen molar-refractivity contribution < 1.29 is 9.53 Å². The van der Waals surface area contributed by atoms with Crippen LogP contribution in [0.25, 0.3) is 0 Å². The van der Waals surface area contributed by atoms with Gasteiger partial charge in [0.2, 0.25) is 0 Å². The summed E-state index contributed by atoms with van der Waals surface area (Å²) in [6.45, 7) is 3.84. The SMILES string of the molecule is CCCCC(Cl)COC(C)=O. The predicted molar refractivity (Wildman–Crippen MR) is 45.8 cm³/mol. The number of ether oxygens (including phenoxy) is 1. The highest BCUT2D eigenvalue weighted by molar-refractivity contribution is 6.20. The van der Waals surface area contributed by atoms with Crippen LogP contribution in [-0.4, -0.2) is 18.0 Å². The van der Waals surface area contributed by atoms with Crippen LogP contribution in [0.15, 0.2) is 0 Å². The largest absolute Gasteiger partial charge is 0.464 e. The Balaban J connectivity index is 3.22. The summed E-state index contributed by atoms with van der Waals surface area (Å²) in [5.74, 6) is -0.257. The lowest BCUT2D eigenvalue weighted by Crippen LogP contribution is -2.11. The van der Waals surface area contributed by atoms with Crippen molar-refractivity contribution in [2.75, 3.05) is 6.61 Å². The second-order valence-electron chi connectivity index (χ2n) is 2.54. The first-order valence-electron chi connectivity index (χ1n) is 3.94. The van der Waals surface area contributed by atoms with Gasteiger partial charge in [0.05, 0.1) is 5.38 Å². The molecule has 66 valence electrons. The van der Waals surface area contributed by atoms with Crippen LogP contribution in [0.1, 0.15) is 33.1 Å². The van der Waals surface area contributed by atoms with Crippen LogP contribution in [0.3, 0.4) is 0 Å². The highest BCUT2D eigenvalue weighted by Gasteiger charge is 2.04. The molecule has 0 rings (SSSR count). The molecule has 0 spiro atoms. The van der Waals surface area contributed by atoms with E-state index in [1.54, 1.807) is 0 Å². The number of hydrogen-bond donors (Lipinski definition) is 0. The Morgan fingerprint density at radius 3 is 2.73 bits per heavy atom. The Morgan fingerprint density at radius 2 is 2.27 bits per heavy atom. The van der Waals surface area contributed by atoms with Gasteiger partial charge >= 0.3 is 5.97 Å². The van der Waals surface area contributed by atoms with Gasteiger partial charge in [-0.1, -0.05) is 19.8 Å². The monoisotopic (exact) mass is 178 g/mol. The third-order valence-corrected chi connectivity index (χ3v) is 1.68. The predicted octanol–water partition coefficient (Wildman–Crippen LogP) is 2.35. The van der Waals surface area contributed by atoms with Gasteiger partial charge in [0.15, 0.2) is 0 Å². The summed E-state index contributed by atoms with van der Waals surface area (Å²) in [6, 6.07) is 0. The minimum atomic E-state index is -0.257. The van der Waals surface area contributed by atoms with Crippen molar-refractivity contribution in [3.05, 3.63) is 0 Å². The van der Waals surface area contributed by atoms with Crippen molar-refractivity contribution in [3.63, 3.8) is 0 Å². The number of alkyl halides is 1. The van der Waals surface area contributed by atoms with E-state index in [1.807, 2.05) is 0 Å². The molecule has 0 aromatic rings. The van der Waals surface area contributed by atoms with E-state index >= 15 is 0 Å². The van der Waals surface area contributed by atoms with Gasteiger partial charge in [0.1, 0.15) is 6.61 Å². The number of hydrogen-bond acceptors (Lipinski definition) is 2. The highest BCUT2D eigenvalue weighted by Crippen LogP contribution is 2.07. The zero-order valence-electron chi connectivity index (χ0n) is 7.10. The van der Waals surface area contributed by atoms with Crippen molar-refractivity contribution in [1.29, 1.82) is 0 Å². The molecule has 0 fully saturated rings. The molecular weight excluding hydrogens is 164 g/mol. The van der Waals surface area contributed by atoms with Gasteiger partial charge in [-0.25, -0.2) is 0 Å². The summed E-state index contributed by atoms with van der Waals surface area (Å²) in [4.78, 5) is 10.3. The van der Waals surface area contributed by atoms with Crippen molar-refractivity contribution in [3.8, 4) is 0 Å². The molecule has 0 radical (unpaired) electrons. The van der Waals surface area contributed by atoms with Gasteiger partial charge in [0.25, 0.3) is 0 Å². The van der Waals surface area contributed by atoms with Gasteiger partial charge in [-0.3, -0.25) is 4.79 Å². The van der Waals surface area contributed by atoms with Gasteiger partial charge in [-0.2, -0.15) is 0 Å². The molecule has 0 amide bonds. The number of unbranched alkanes of at least 4 members (excludes halogenated alkanes) is 1. The molecule has 0 aromatic heterocycles. The third-order valence-electron chi connectivity index (χ3n) is 1.34. The lowest BCUT2D eigenvalue weighted by Gasteiger charge is -2.07. The third kappa shape index (κ3) is 7.66. The summed E-state index contributed by atoms with van der Waals surface area (Å²) in [6.07, 6.45) is 3.14. The Bertz CT molecular complexity index is 115. The fourth-order valence-electron chi connectivity index (χ4n) is 0.717. The van der Waals surface area contributed by atoms with Gasteiger partial charge in [0, 0.05) is 6.92 Å². The zero-order valence-corrected chi connectivity index (χ0v) is 7.86. The summed E-state index contributed by atoms with van der Waals surface area (Å²) in [5.41, 5.74) is 0. The molecule has 0 N–H and O–H groups in total. The van der Waals surface area contributed by atoms with E-state index in [4.69, 9.17) is 16.3 Å². The normalized spacial score (nSPS) is 12.6. The maximum absolute atomic E-state index is 10.3. The molecular formula is C8H15ClO2. The summed E-state index contributed by atoms with van der Waals surface area (Å²) in [5, 5.41) is -0.0150. The molecule has 3 heteroatoms. The second kappa shape index (κ2) is 6.47. The Kier molecular flexibility index (Phi) is 6.33. The fraction of sp³-hybridized carbons (Fsp3) is 0.875. The van der Waals surface area contributed by atoms with Gasteiger partial charge < -0.3 is 4.74 Å². The minimum absolute atomic E-state index is 0.0150. The Labute approximate surface area is 72.9 Å². The molecule has 0 aliphatic rings. The molecule has 1 atom stereocenters. The van der Waals surface area contributed by atoms with Crippen LogP contribution in [0.4, 0.5) is 0 Å². The van der Waals surface area contributed by atoms with Crippen LogP contribution in [0, 0.1) is 0 Å². The van der Waals surface area contributed by atoms with Gasteiger partial charge in [-0.05, 0) is 6.42 Å². The smallest absolute Gasteiger partial charge is 0.302 e. The summed E-state index contributed by atoms with van der Waals surface area (Å²) < 4.78 is 4.73. The first kappa shape index (κ1) is 10.8. The number of halogens is 1. The molecule has 0 aromatic carbocycles. The zero-order chi connectivity index (χ0) is 8.69. The van der Waals surface area contributed by atoms with Gasteiger partial charge in [-0.15, -0.1) is 11.6 Å². The van der Waals surface area contributed by atoms with E-state index in [2.05, 4.69) is 6.92 Å². The number of rotatable bonds is 5. The van der Waals surface area contributed by atoms with E-state index in [1.165, 1.54) is 6.92 Å². The summed E-state index contributed by atoms with van der Waals surface area (Å²) >= 11 is 5.83. The number of carbonyl (C=O) groups excluding carboxylic acids is 1. The Morgan fingerprint density at radius 1 is 1.64 bits per heavy atom. The average molecular weight is 179 g/mol. The van der Waals surface area contributed by atoms with E-state index in [9.17, 15) is 4.79 Å². The average Bonchev–Trinajstić information content (AvgIpc) is 1.97. The van der Waals surface area contributed by atoms with Crippen LogP contribution >= 0.6 is 11.6 Å². The minimum Gasteiger partial charge on any atom is -0.464 e. The Hall–Kier alpha value is -0.240. The molecule has 2 nitrogen and oxygen atoms in total. The van der Waals surface area contributed by atoms with Crippen molar-refractivity contribution in [2.45, 2.75) is 38.5 Å². The summed E-state index contributed by atoms with van der Waals surface area (Å²) in [7, 11) is 0. The first-order chi connectivity index (χ1) is 5.16. The molecule has 0 aliphatic carbocycles. The topological polar surface area (TPSA) is 26.3 Å². The lowest BCUT2D eigenvalue weighted by molar-refractivity contribution is -0.140. The molecule has 0 saturated carbocycles. The molecule has 0 heterocycles. The lowest BCUT2D eigenvalue weighted by atomic mass is 10.2. The van der Waals surface area contributed by atoms with Crippen molar-refractivity contribution in [1.82, 2.24) is 0 Å². The van der Waals surface area contributed by atoms with Crippen molar-refractivity contribution >= 4 is 17.6 Å². The second-order valence-corrected chi connectivity index (χ2v) is 3.16. The quantitative estimate of drug-likeness (QED) is 0.477. The van der Waals surface area contributed by atoms with E-state index in [-0.39, 0.29) is 11.3 Å². The maximum Gasteiger partial charge on any atom is 0.302 e. The number of carbonyl (C=O) groups is 1. The van der Waals surface area contributed by atoms with E-state index < -0.39 is 0 Å². The maximum atomic E-state index is 10.3. The van der Waals surface area contributed by atoms with Crippen LogP contribution in [0.5, 0.6) is 0 Å². The fourth-order valence-corrected chi connectivity index (χ4v) is 0.934. The number of esters is 1. The molecule has 1 unspecified atom stereocenters. The standard InChI is InChI=1S/C8H15ClO2/c1-3-4-5-8(9)6-11-7(2)10/h8H,3-6H2,1-2H3. The van der Waals surface area contributed by atoms with E-state index in [0.29, 0.717) is 6.61 Å². The molecule has 0 aliphatic heterocycles. The first-order valence-corrected chi connectivity index (χ1v) is 4.38. The van der Waals surface area contributed by atoms with Crippen molar-refractivity contribution in [2.24, 2.45) is 0 Å².